The highest BCUT2D eigenvalue weighted by molar-refractivity contribution is 5.77. The quantitative estimate of drug-likeness (QED) is 0.804. The number of benzene rings is 1. The van der Waals surface area contributed by atoms with Gasteiger partial charge in [-0.25, -0.2) is 15.0 Å². The zero-order valence-electron chi connectivity index (χ0n) is 11.9. The fourth-order valence-electron chi connectivity index (χ4n) is 2.34. The minimum atomic E-state index is -4.59. The van der Waals surface area contributed by atoms with Crippen molar-refractivity contribution in [3.05, 3.63) is 42.4 Å². The van der Waals surface area contributed by atoms with Crippen LogP contribution in [0.4, 0.5) is 19.1 Å². The molecule has 1 aliphatic carbocycles. The third-order valence-electron chi connectivity index (χ3n) is 3.58. The van der Waals surface area contributed by atoms with Crippen LogP contribution in [0.1, 0.15) is 18.7 Å². The molecular formula is C15H12F3N5. The lowest BCUT2D eigenvalue weighted by Crippen LogP contribution is -2.12. The second-order valence-electron chi connectivity index (χ2n) is 5.43. The Kier molecular flexibility index (Phi) is 3.00. The number of fused-ring (bicyclic) bond motifs is 1. The zero-order chi connectivity index (χ0) is 16.0. The van der Waals surface area contributed by atoms with Gasteiger partial charge in [0.1, 0.15) is 5.52 Å². The molecule has 4 rings (SSSR count). The van der Waals surface area contributed by atoms with Gasteiger partial charge >= 0.3 is 6.18 Å². The van der Waals surface area contributed by atoms with E-state index in [1.165, 1.54) is 0 Å². The number of hydrogen-bond acceptors (Lipinski definition) is 4. The molecule has 0 spiro atoms. The van der Waals surface area contributed by atoms with Crippen LogP contribution in [0.3, 0.4) is 0 Å². The maximum Gasteiger partial charge on any atom is 0.451 e. The van der Waals surface area contributed by atoms with Crippen molar-refractivity contribution in [1.29, 1.82) is 0 Å². The molecule has 1 aliphatic rings. The number of halogens is 3. The Morgan fingerprint density at radius 3 is 2.48 bits per heavy atom. The van der Waals surface area contributed by atoms with Crippen LogP contribution in [-0.4, -0.2) is 25.6 Å². The highest BCUT2D eigenvalue weighted by Crippen LogP contribution is 2.31. The van der Waals surface area contributed by atoms with E-state index >= 15 is 0 Å². The van der Waals surface area contributed by atoms with E-state index in [0.717, 1.165) is 19.0 Å². The number of rotatable bonds is 3. The van der Waals surface area contributed by atoms with E-state index in [1.807, 2.05) is 18.2 Å². The first-order valence-electron chi connectivity index (χ1n) is 7.17. The van der Waals surface area contributed by atoms with E-state index in [-0.39, 0.29) is 5.65 Å². The van der Waals surface area contributed by atoms with Crippen molar-refractivity contribution < 1.29 is 13.2 Å². The summed E-state index contributed by atoms with van der Waals surface area (Å²) in [5, 5.41) is 3.23. The van der Waals surface area contributed by atoms with E-state index in [0.29, 0.717) is 23.2 Å². The molecule has 2 aromatic heterocycles. The molecule has 0 saturated heterocycles. The molecule has 3 aromatic rings. The van der Waals surface area contributed by atoms with Crippen molar-refractivity contribution >= 4 is 17.1 Å². The summed E-state index contributed by atoms with van der Waals surface area (Å²) in [6.07, 6.45) is -1.43. The Bertz CT molecular complexity index is 853. The Morgan fingerprint density at radius 2 is 1.83 bits per heavy atom. The Labute approximate surface area is 129 Å². The van der Waals surface area contributed by atoms with Gasteiger partial charge in [0.2, 0.25) is 11.8 Å². The lowest BCUT2D eigenvalue weighted by Gasteiger charge is -2.10. The molecular weight excluding hydrogens is 307 g/mol. The second-order valence-corrected chi connectivity index (χ2v) is 5.43. The SMILES string of the molecule is FC(F)(F)c1ncc2nc(NC3CC3)n(-c3ccccc3)c2n1. The van der Waals surface area contributed by atoms with E-state index < -0.39 is 12.0 Å². The van der Waals surface area contributed by atoms with Gasteiger partial charge < -0.3 is 5.32 Å². The minimum Gasteiger partial charge on any atom is -0.353 e. The average Bonchev–Trinajstić information content (AvgIpc) is 3.25. The normalized spacial score (nSPS) is 15.1. The summed E-state index contributed by atoms with van der Waals surface area (Å²) >= 11 is 0. The number of alkyl halides is 3. The number of nitrogens with zero attached hydrogens (tertiary/aromatic N) is 4. The van der Waals surface area contributed by atoms with E-state index in [9.17, 15) is 13.2 Å². The summed E-state index contributed by atoms with van der Waals surface area (Å²) in [7, 11) is 0. The van der Waals surface area contributed by atoms with Gasteiger partial charge in [0.25, 0.3) is 0 Å². The standard InChI is InChI=1S/C15H12F3N5/c16-15(17,18)13-19-8-11-12(22-13)23(10-4-2-1-3-5-10)14(21-11)20-9-6-7-9/h1-5,8-9H,6-7H2,(H,20,21). The topological polar surface area (TPSA) is 55.6 Å². The van der Waals surface area contributed by atoms with Crippen LogP contribution in [-0.2, 0) is 6.18 Å². The van der Waals surface area contributed by atoms with Crippen molar-refractivity contribution in [2.45, 2.75) is 25.1 Å². The second kappa shape index (κ2) is 4.94. The number of imidazole rings is 1. The van der Waals surface area contributed by atoms with Gasteiger partial charge in [-0.05, 0) is 25.0 Å². The van der Waals surface area contributed by atoms with E-state index in [1.54, 1.807) is 16.7 Å². The highest BCUT2D eigenvalue weighted by atomic mass is 19.4. The predicted octanol–water partition coefficient (Wildman–Crippen LogP) is 3.41. The molecule has 0 aliphatic heterocycles. The van der Waals surface area contributed by atoms with Gasteiger partial charge in [-0.2, -0.15) is 13.2 Å². The minimum absolute atomic E-state index is 0.140. The third-order valence-corrected chi connectivity index (χ3v) is 3.58. The van der Waals surface area contributed by atoms with E-state index in [2.05, 4.69) is 20.3 Å². The molecule has 23 heavy (non-hydrogen) atoms. The predicted molar refractivity (Wildman–Crippen MR) is 78.3 cm³/mol. The fraction of sp³-hybridized carbons (Fsp3) is 0.267. The van der Waals surface area contributed by atoms with Crippen molar-refractivity contribution in [3.63, 3.8) is 0 Å². The van der Waals surface area contributed by atoms with Crippen LogP contribution < -0.4 is 5.32 Å². The monoisotopic (exact) mass is 319 g/mol. The fourth-order valence-corrected chi connectivity index (χ4v) is 2.34. The molecule has 0 unspecified atom stereocenters. The summed E-state index contributed by atoms with van der Waals surface area (Å²) in [5.41, 5.74) is 1.16. The Hall–Kier alpha value is -2.64. The summed E-state index contributed by atoms with van der Waals surface area (Å²) < 4.78 is 40.3. The first-order chi connectivity index (χ1) is 11.0. The Balaban J connectivity index is 1.94. The first-order valence-corrected chi connectivity index (χ1v) is 7.17. The van der Waals surface area contributed by atoms with Gasteiger partial charge in [-0.3, -0.25) is 4.57 Å². The summed E-state index contributed by atoms with van der Waals surface area (Å²) in [5.74, 6) is -0.678. The van der Waals surface area contributed by atoms with Crippen LogP contribution in [0.15, 0.2) is 36.5 Å². The highest BCUT2D eigenvalue weighted by Gasteiger charge is 2.35. The molecule has 0 amide bonds. The van der Waals surface area contributed by atoms with Gasteiger partial charge in [0.15, 0.2) is 5.65 Å². The number of anilines is 1. The van der Waals surface area contributed by atoms with Crippen LogP contribution in [0.25, 0.3) is 16.9 Å². The number of hydrogen-bond donors (Lipinski definition) is 1. The molecule has 0 atom stereocenters. The molecule has 8 heteroatoms. The third kappa shape index (κ3) is 2.60. The van der Waals surface area contributed by atoms with Crippen LogP contribution in [0.5, 0.6) is 0 Å². The summed E-state index contributed by atoms with van der Waals surface area (Å²) in [4.78, 5) is 11.4. The molecule has 1 N–H and O–H groups in total. The molecule has 2 heterocycles. The maximum absolute atomic E-state index is 12.9. The van der Waals surface area contributed by atoms with Crippen LogP contribution in [0, 0.1) is 0 Å². The van der Waals surface area contributed by atoms with Crippen molar-refractivity contribution in [2.75, 3.05) is 5.32 Å². The van der Waals surface area contributed by atoms with Crippen molar-refractivity contribution in [2.24, 2.45) is 0 Å². The lowest BCUT2D eigenvalue weighted by molar-refractivity contribution is -0.144. The van der Waals surface area contributed by atoms with Gasteiger partial charge in [0, 0.05) is 6.04 Å². The molecule has 5 nitrogen and oxygen atoms in total. The number of aromatic nitrogens is 4. The van der Waals surface area contributed by atoms with Crippen molar-refractivity contribution in [1.82, 2.24) is 19.5 Å². The molecule has 118 valence electrons. The molecule has 1 aromatic carbocycles. The number of nitrogens with one attached hydrogen (secondary N) is 1. The molecule has 0 radical (unpaired) electrons. The largest absolute Gasteiger partial charge is 0.451 e. The van der Waals surface area contributed by atoms with Crippen LogP contribution >= 0.6 is 0 Å². The van der Waals surface area contributed by atoms with E-state index in [4.69, 9.17) is 0 Å². The zero-order valence-corrected chi connectivity index (χ0v) is 11.9. The maximum atomic E-state index is 12.9. The number of para-hydroxylation sites is 1. The molecule has 1 fully saturated rings. The summed E-state index contributed by atoms with van der Waals surface area (Å²) in [6.45, 7) is 0. The van der Waals surface area contributed by atoms with Gasteiger partial charge in [0.05, 0.1) is 11.9 Å². The lowest BCUT2D eigenvalue weighted by atomic mass is 10.3. The van der Waals surface area contributed by atoms with Gasteiger partial charge in [-0.15, -0.1) is 0 Å². The molecule has 0 bridgehead atoms. The van der Waals surface area contributed by atoms with Crippen molar-refractivity contribution in [3.8, 4) is 5.69 Å². The van der Waals surface area contributed by atoms with Crippen LogP contribution in [0.2, 0.25) is 0 Å². The first kappa shape index (κ1) is 14.0. The average molecular weight is 319 g/mol. The molecule has 1 saturated carbocycles. The summed E-state index contributed by atoms with van der Waals surface area (Å²) in [6, 6.07) is 9.38. The van der Waals surface area contributed by atoms with Gasteiger partial charge in [-0.1, -0.05) is 18.2 Å². The smallest absolute Gasteiger partial charge is 0.353 e. The Morgan fingerprint density at radius 1 is 1.09 bits per heavy atom.